The first-order chi connectivity index (χ1) is 15.6. The monoisotopic (exact) mass is 475 g/mol. The molecular weight excluding hydrogens is 441 g/mol. The second-order valence-corrected chi connectivity index (χ2v) is 10.1. The lowest BCUT2D eigenvalue weighted by atomic mass is 9.86. The number of hydrogen-bond donors (Lipinski definition) is 2. The van der Waals surface area contributed by atoms with E-state index >= 15 is 4.39 Å². The summed E-state index contributed by atoms with van der Waals surface area (Å²) in [5, 5.41) is 2.19. The van der Waals surface area contributed by atoms with Crippen LogP contribution in [0.4, 0.5) is 4.39 Å². The molecule has 0 saturated carbocycles. The molecule has 1 unspecified atom stereocenters. The van der Waals surface area contributed by atoms with E-state index in [1.807, 2.05) is 17.0 Å². The zero-order valence-corrected chi connectivity index (χ0v) is 20.6. The molecule has 2 aromatic rings. The van der Waals surface area contributed by atoms with Gasteiger partial charge in [0.05, 0.1) is 9.58 Å². The first kappa shape index (κ1) is 25.0. The van der Waals surface area contributed by atoms with Crippen LogP contribution in [0.3, 0.4) is 0 Å². The third-order valence-corrected chi connectivity index (χ3v) is 7.24. The Balaban J connectivity index is 1.90. The van der Waals surface area contributed by atoms with Crippen molar-refractivity contribution in [3.8, 4) is 0 Å². The van der Waals surface area contributed by atoms with Crippen molar-refractivity contribution in [1.29, 1.82) is 0 Å². The predicted octanol–water partition coefficient (Wildman–Crippen LogP) is 3.57. The Labute approximate surface area is 198 Å². The Kier molecular flexibility index (Phi) is 7.97. The number of thiophene rings is 1. The van der Waals surface area contributed by atoms with Gasteiger partial charge in [-0.15, -0.1) is 11.3 Å². The number of benzene rings is 1. The van der Waals surface area contributed by atoms with Crippen molar-refractivity contribution >= 4 is 33.2 Å². The van der Waals surface area contributed by atoms with E-state index in [1.54, 1.807) is 14.1 Å². The molecule has 9 heteroatoms. The molecule has 1 saturated heterocycles. The maximum Gasteiger partial charge on any atom is 0.263 e. The molecule has 0 spiro atoms. The number of fused-ring (bicyclic) bond motifs is 1. The summed E-state index contributed by atoms with van der Waals surface area (Å²) in [7, 11) is 3.39. The van der Waals surface area contributed by atoms with E-state index < -0.39 is 0 Å². The van der Waals surface area contributed by atoms with Gasteiger partial charge in [0.1, 0.15) is 5.82 Å². The molecule has 0 bridgehead atoms. The first-order valence-corrected chi connectivity index (χ1v) is 12.1. The van der Waals surface area contributed by atoms with Crippen molar-refractivity contribution in [2.45, 2.75) is 44.9 Å². The van der Waals surface area contributed by atoms with Gasteiger partial charge < -0.3 is 20.5 Å². The van der Waals surface area contributed by atoms with Gasteiger partial charge in [-0.1, -0.05) is 19.9 Å². The van der Waals surface area contributed by atoms with E-state index in [4.69, 9.17) is 11.6 Å². The quantitative estimate of drug-likeness (QED) is 0.472. The van der Waals surface area contributed by atoms with E-state index in [0.717, 1.165) is 23.8 Å². The van der Waals surface area contributed by atoms with Crippen molar-refractivity contribution in [1.82, 2.24) is 14.8 Å². The summed E-state index contributed by atoms with van der Waals surface area (Å²) >= 11 is 1.21. The molecular formula is C24H34FN5O2S. The number of carbonyl (C=O) groups is 2. The van der Waals surface area contributed by atoms with E-state index in [9.17, 15) is 9.59 Å². The Morgan fingerprint density at radius 2 is 2.06 bits per heavy atom. The molecule has 0 radical (unpaired) electrons. The van der Waals surface area contributed by atoms with Gasteiger partial charge in [0, 0.05) is 58.5 Å². The van der Waals surface area contributed by atoms with E-state index in [0.29, 0.717) is 34.8 Å². The molecule has 2 heterocycles. The molecule has 1 aliphatic heterocycles. The number of likely N-dealkylation sites (tertiary alicyclic amines) is 1. The lowest BCUT2D eigenvalue weighted by Gasteiger charge is -2.34. The minimum absolute atomic E-state index is 0.00105. The van der Waals surface area contributed by atoms with Gasteiger partial charge in [0.25, 0.3) is 5.91 Å². The lowest BCUT2D eigenvalue weighted by molar-refractivity contribution is -0.132. The van der Waals surface area contributed by atoms with Crippen LogP contribution in [0.25, 0.3) is 10.1 Å². The lowest BCUT2D eigenvalue weighted by Crippen LogP contribution is -2.41. The number of amides is 2. The topological polar surface area (TPSA) is 95.9 Å². The highest BCUT2D eigenvalue weighted by Crippen LogP contribution is 2.40. The third-order valence-electron chi connectivity index (χ3n) is 6.12. The largest absolute Gasteiger partial charge is 0.403 e. The summed E-state index contributed by atoms with van der Waals surface area (Å²) in [6, 6.07) is 3.76. The van der Waals surface area contributed by atoms with Crippen LogP contribution in [-0.4, -0.2) is 60.4 Å². The molecule has 1 aliphatic rings. The maximum absolute atomic E-state index is 15.8. The molecule has 1 aromatic carbocycles. The number of carbonyl (C=O) groups excluding carboxylic acids is 2. The molecule has 1 atom stereocenters. The highest BCUT2D eigenvalue weighted by Gasteiger charge is 2.29. The minimum Gasteiger partial charge on any atom is -0.403 e. The Morgan fingerprint density at radius 3 is 2.70 bits per heavy atom. The van der Waals surface area contributed by atoms with Crippen molar-refractivity contribution in [2.75, 3.05) is 33.7 Å². The van der Waals surface area contributed by atoms with Gasteiger partial charge in [0.15, 0.2) is 0 Å². The summed E-state index contributed by atoms with van der Waals surface area (Å²) < 4.78 is 16.3. The van der Waals surface area contributed by atoms with Gasteiger partial charge in [0.2, 0.25) is 5.91 Å². The van der Waals surface area contributed by atoms with Crippen LogP contribution >= 0.6 is 11.3 Å². The zero-order valence-electron chi connectivity index (χ0n) is 19.8. The fourth-order valence-corrected chi connectivity index (χ4v) is 5.49. The van der Waals surface area contributed by atoms with Crippen LogP contribution in [-0.2, 0) is 4.79 Å². The summed E-state index contributed by atoms with van der Waals surface area (Å²) in [5.74, 6) is 5.46. The molecule has 0 aliphatic carbocycles. The maximum atomic E-state index is 15.8. The molecule has 3 rings (SSSR count). The van der Waals surface area contributed by atoms with Crippen molar-refractivity contribution in [3.05, 3.63) is 46.4 Å². The van der Waals surface area contributed by atoms with E-state index in [2.05, 4.69) is 13.8 Å². The van der Waals surface area contributed by atoms with Gasteiger partial charge in [-0.3, -0.25) is 9.59 Å². The van der Waals surface area contributed by atoms with Gasteiger partial charge in [-0.05, 0) is 41.3 Å². The van der Waals surface area contributed by atoms with Crippen LogP contribution in [0.5, 0.6) is 0 Å². The average molecular weight is 476 g/mol. The fourth-order valence-electron chi connectivity index (χ4n) is 4.33. The van der Waals surface area contributed by atoms with Crippen LogP contribution in [0, 0.1) is 5.82 Å². The zero-order chi connectivity index (χ0) is 24.3. The Bertz CT molecular complexity index is 1050. The standard InChI is InChI=1S/C24H34FN5O2S/c1-15(2)17-12-18(22(25)23-19(17)13-20(33-23)24(32)28(3)4)16-6-5-9-29(14-16)21(31)7-10-30(27)11-8-26/h8,11-13,15-16H,5-7,9-10,14,26-27H2,1-4H3/b11-8-. The molecule has 1 fully saturated rings. The van der Waals surface area contributed by atoms with Crippen molar-refractivity contribution in [2.24, 2.45) is 11.6 Å². The highest BCUT2D eigenvalue weighted by atomic mass is 32.1. The first-order valence-electron chi connectivity index (χ1n) is 11.3. The summed E-state index contributed by atoms with van der Waals surface area (Å²) in [5.41, 5.74) is 7.00. The number of rotatable bonds is 7. The second kappa shape index (κ2) is 10.5. The van der Waals surface area contributed by atoms with Gasteiger partial charge in [-0.25, -0.2) is 10.2 Å². The number of nitrogens with two attached hydrogens (primary N) is 2. The normalized spacial score (nSPS) is 16.7. The van der Waals surface area contributed by atoms with Crippen molar-refractivity contribution < 1.29 is 14.0 Å². The second-order valence-electron chi connectivity index (χ2n) is 9.08. The smallest absolute Gasteiger partial charge is 0.263 e. The number of piperidine rings is 1. The number of nitrogens with zero attached hydrogens (tertiary/aromatic N) is 3. The Hall–Kier alpha value is -2.65. The summed E-state index contributed by atoms with van der Waals surface area (Å²) in [6.45, 7) is 5.65. The van der Waals surface area contributed by atoms with Crippen LogP contribution < -0.4 is 11.6 Å². The summed E-state index contributed by atoms with van der Waals surface area (Å²) in [4.78, 5) is 29.1. The van der Waals surface area contributed by atoms with Crippen LogP contribution in [0.15, 0.2) is 24.5 Å². The molecule has 180 valence electrons. The predicted molar refractivity (Wildman–Crippen MR) is 131 cm³/mol. The molecule has 33 heavy (non-hydrogen) atoms. The van der Waals surface area contributed by atoms with Crippen LogP contribution in [0.1, 0.15) is 65.7 Å². The fraction of sp³-hybridized carbons (Fsp3) is 0.500. The minimum atomic E-state index is -0.266. The molecule has 7 nitrogen and oxygen atoms in total. The third kappa shape index (κ3) is 5.47. The Morgan fingerprint density at radius 1 is 1.33 bits per heavy atom. The number of hydrazine groups is 1. The SMILES string of the molecule is CC(C)c1cc(C2CCCN(C(=O)CCN(N)/C=C\N)C2)c(F)c2sc(C(=O)N(C)C)cc12. The van der Waals surface area contributed by atoms with Crippen LogP contribution in [0.2, 0.25) is 0 Å². The molecule has 2 amide bonds. The number of halogens is 1. The summed E-state index contributed by atoms with van der Waals surface area (Å²) in [6.07, 6.45) is 4.74. The van der Waals surface area contributed by atoms with Gasteiger partial charge >= 0.3 is 0 Å². The average Bonchev–Trinajstić information content (AvgIpc) is 3.23. The van der Waals surface area contributed by atoms with Crippen molar-refractivity contribution in [3.63, 3.8) is 0 Å². The van der Waals surface area contributed by atoms with E-state index in [-0.39, 0.29) is 35.9 Å². The molecule has 4 N–H and O–H groups in total. The van der Waals surface area contributed by atoms with E-state index in [1.165, 1.54) is 33.6 Å². The molecule has 1 aromatic heterocycles. The highest BCUT2D eigenvalue weighted by molar-refractivity contribution is 7.20. The number of hydrogen-bond acceptors (Lipinski definition) is 6. The van der Waals surface area contributed by atoms with Gasteiger partial charge in [-0.2, -0.15) is 0 Å².